The fourth-order valence-electron chi connectivity index (χ4n) is 1.69. The molecular weight excluding hydrogens is 186 g/mol. The molecule has 0 unspecified atom stereocenters. The third kappa shape index (κ3) is 2.69. The van der Waals surface area contributed by atoms with Crippen LogP contribution in [0.1, 0.15) is 37.9 Å². The molecule has 0 aromatic carbocycles. The molecule has 2 N–H and O–H groups in total. The standard InChI is InChI=1S/C12H21N3/c1-5-15(6-2)12-9(3)7-11(8-14-12)10(4)13/h7-8,10H,5-6,13H2,1-4H3/t10-/m0/s1. The van der Waals surface area contributed by atoms with Gasteiger partial charge in [-0.15, -0.1) is 0 Å². The maximum absolute atomic E-state index is 5.82. The molecule has 0 spiro atoms. The van der Waals surface area contributed by atoms with Gasteiger partial charge in [0.2, 0.25) is 0 Å². The normalized spacial score (nSPS) is 12.6. The number of nitrogens with two attached hydrogens (primary N) is 1. The Balaban J connectivity index is 3.02. The first-order valence-electron chi connectivity index (χ1n) is 5.57. The third-order valence-electron chi connectivity index (χ3n) is 2.66. The Kier molecular flexibility index (Phi) is 4.09. The third-order valence-corrected chi connectivity index (χ3v) is 2.66. The van der Waals surface area contributed by atoms with Crippen molar-refractivity contribution in [1.29, 1.82) is 0 Å². The first-order chi connectivity index (χ1) is 7.10. The molecule has 1 heterocycles. The van der Waals surface area contributed by atoms with Crippen LogP contribution in [-0.2, 0) is 0 Å². The SMILES string of the molecule is CCN(CC)c1ncc([C@H](C)N)cc1C. The molecule has 1 aromatic rings. The molecule has 1 aromatic heterocycles. The highest BCUT2D eigenvalue weighted by molar-refractivity contribution is 5.47. The maximum atomic E-state index is 5.82. The Bertz CT molecular complexity index is 317. The van der Waals surface area contributed by atoms with Gasteiger partial charge in [0.25, 0.3) is 0 Å². The van der Waals surface area contributed by atoms with E-state index in [9.17, 15) is 0 Å². The summed E-state index contributed by atoms with van der Waals surface area (Å²) in [4.78, 5) is 6.74. The minimum atomic E-state index is 0.0574. The van der Waals surface area contributed by atoms with Gasteiger partial charge in [-0.05, 0) is 44.9 Å². The number of nitrogens with zero attached hydrogens (tertiary/aromatic N) is 2. The Morgan fingerprint density at radius 1 is 1.40 bits per heavy atom. The van der Waals surface area contributed by atoms with E-state index in [0.29, 0.717) is 0 Å². The van der Waals surface area contributed by atoms with Gasteiger partial charge < -0.3 is 10.6 Å². The zero-order valence-corrected chi connectivity index (χ0v) is 10.1. The molecule has 0 aliphatic carbocycles. The molecule has 3 heteroatoms. The summed E-state index contributed by atoms with van der Waals surface area (Å²) >= 11 is 0. The van der Waals surface area contributed by atoms with Crippen LogP contribution in [0.25, 0.3) is 0 Å². The lowest BCUT2D eigenvalue weighted by atomic mass is 10.1. The van der Waals surface area contributed by atoms with Gasteiger partial charge in [-0.2, -0.15) is 0 Å². The van der Waals surface area contributed by atoms with Crippen molar-refractivity contribution in [2.45, 2.75) is 33.7 Å². The fourth-order valence-corrected chi connectivity index (χ4v) is 1.69. The molecular formula is C12H21N3. The highest BCUT2D eigenvalue weighted by Gasteiger charge is 2.08. The number of pyridine rings is 1. The van der Waals surface area contributed by atoms with Crippen LogP contribution in [0, 0.1) is 6.92 Å². The van der Waals surface area contributed by atoms with E-state index in [-0.39, 0.29) is 6.04 Å². The number of rotatable bonds is 4. The molecule has 3 nitrogen and oxygen atoms in total. The van der Waals surface area contributed by atoms with E-state index in [1.807, 2.05) is 13.1 Å². The lowest BCUT2D eigenvalue weighted by Crippen LogP contribution is -2.24. The Labute approximate surface area is 92.3 Å². The summed E-state index contributed by atoms with van der Waals surface area (Å²) in [6, 6.07) is 2.19. The van der Waals surface area contributed by atoms with Crippen LogP contribution in [0.2, 0.25) is 0 Å². The lowest BCUT2D eigenvalue weighted by molar-refractivity contribution is 0.797. The average Bonchev–Trinajstić information content (AvgIpc) is 2.21. The smallest absolute Gasteiger partial charge is 0.131 e. The van der Waals surface area contributed by atoms with Crippen LogP contribution >= 0.6 is 0 Å². The summed E-state index contributed by atoms with van der Waals surface area (Å²) in [6.07, 6.45) is 1.88. The molecule has 0 saturated heterocycles. The summed E-state index contributed by atoms with van der Waals surface area (Å²) in [5, 5.41) is 0. The second-order valence-corrected chi connectivity index (χ2v) is 3.87. The van der Waals surface area contributed by atoms with E-state index in [4.69, 9.17) is 5.73 Å². The van der Waals surface area contributed by atoms with Crippen molar-refractivity contribution in [2.24, 2.45) is 5.73 Å². The van der Waals surface area contributed by atoms with Gasteiger partial charge in [-0.1, -0.05) is 0 Å². The van der Waals surface area contributed by atoms with E-state index < -0.39 is 0 Å². The van der Waals surface area contributed by atoms with E-state index >= 15 is 0 Å². The van der Waals surface area contributed by atoms with Gasteiger partial charge in [0.15, 0.2) is 0 Å². The van der Waals surface area contributed by atoms with Gasteiger partial charge in [0.1, 0.15) is 5.82 Å². The Morgan fingerprint density at radius 3 is 2.40 bits per heavy atom. The number of aryl methyl sites for hydroxylation is 1. The minimum absolute atomic E-state index is 0.0574. The number of anilines is 1. The molecule has 0 saturated carbocycles. The summed E-state index contributed by atoms with van der Waals surface area (Å²) in [7, 11) is 0. The van der Waals surface area contributed by atoms with Crippen LogP contribution in [-0.4, -0.2) is 18.1 Å². The Hall–Kier alpha value is -1.09. The first-order valence-corrected chi connectivity index (χ1v) is 5.57. The molecule has 0 aliphatic heterocycles. The van der Waals surface area contributed by atoms with Crippen molar-refractivity contribution < 1.29 is 0 Å². The topological polar surface area (TPSA) is 42.2 Å². The van der Waals surface area contributed by atoms with Crippen LogP contribution in [0.4, 0.5) is 5.82 Å². The quantitative estimate of drug-likeness (QED) is 0.823. The second-order valence-electron chi connectivity index (χ2n) is 3.87. The first kappa shape index (κ1) is 12.0. The van der Waals surface area contributed by atoms with Crippen molar-refractivity contribution >= 4 is 5.82 Å². The predicted octanol–water partition coefficient (Wildman–Crippen LogP) is 2.26. The van der Waals surface area contributed by atoms with Crippen LogP contribution in [0.5, 0.6) is 0 Å². The van der Waals surface area contributed by atoms with Crippen molar-refractivity contribution in [3.8, 4) is 0 Å². The van der Waals surface area contributed by atoms with Gasteiger partial charge >= 0.3 is 0 Å². The lowest BCUT2D eigenvalue weighted by Gasteiger charge is -2.22. The second kappa shape index (κ2) is 5.12. The molecule has 15 heavy (non-hydrogen) atoms. The monoisotopic (exact) mass is 207 g/mol. The van der Waals surface area contributed by atoms with Crippen molar-refractivity contribution in [3.63, 3.8) is 0 Å². The van der Waals surface area contributed by atoms with Gasteiger partial charge in [-0.25, -0.2) is 4.98 Å². The zero-order chi connectivity index (χ0) is 11.4. The van der Waals surface area contributed by atoms with Crippen LogP contribution < -0.4 is 10.6 Å². The Morgan fingerprint density at radius 2 is 2.00 bits per heavy atom. The average molecular weight is 207 g/mol. The number of hydrogen-bond donors (Lipinski definition) is 1. The van der Waals surface area contributed by atoms with Gasteiger partial charge in [0, 0.05) is 25.3 Å². The van der Waals surface area contributed by atoms with Crippen LogP contribution in [0.15, 0.2) is 12.3 Å². The summed E-state index contributed by atoms with van der Waals surface area (Å²) in [6.45, 7) is 10.3. The number of aromatic nitrogens is 1. The molecule has 0 radical (unpaired) electrons. The molecule has 84 valence electrons. The molecule has 0 amide bonds. The van der Waals surface area contributed by atoms with Crippen molar-refractivity contribution in [1.82, 2.24) is 4.98 Å². The summed E-state index contributed by atoms with van der Waals surface area (Å²) in [5.74, 6) is 1.07. The van der Waals surface area contributed by atoms with Gasteiger partial charge in [0.05, 0.1) is 0 Å². The zero-order valence-electron chi connectivity index (χ0n) is 10.1. The van der Waals surface area contributed by atoms with Crippen LogP contribution in [0.3, 0.4) is 0 Å². The van der Waals surface area contributed by atoms with Crippen molar-refractivity contribution in [3.05, 3.63) is 23.4 Å². The molecule has 0 bridgehead atoms. The molecule has 0 fully saturated rings. The van der Waals surface area contributed by atoms with E-state index in [1.54, 1.807) is 0 Å². The molecule has 1 rings (SSSR count). The fraction of sp³-hybridized carbons (Fsp3) is 0.583. The highest BCUT2D eigenvalue weighted by atomic mass is 15.2. The largest absolute Gasteiger partial charge is 0.357 e. The minimum Gasteiger partial charge on any atom is -0.357 e. The van der Waals surface area contributed by atoms with E-state index in [1.165, 1.54) is 5.56 Å². The van der Waals surface area contributed by atoms with Gasteiger partial charge in [-0.3, -0.25) is 0 Å². The number of hydrogen-bond acceptors (Lipinski definition) is 3. The highest BCUT2D eigenvalue weighted by Crippen LogP contribution is 2.19. The maximum Gasteiger partial charge on any atom is 0.131 e. The summed E-state index contributed by atoms with van der Waals surface area (Å²) < 4.78 is 0. The van der Waals surface area contributed by atoms with E-state index in [0.717, 1.165) is 24.5 Å². The van der Waals surface area contributed by atoms with Crippen molar-refractivity contribution in [2.75, 3.05) is 18.0 Å². The molecule has 0 aliphatic rings. The summed E-state index contributed by atoms with van der Waals surface area (Å²) in [5.41, 5.74) is 8.12. The molecule has 1 atom stereocenters. The predicted molar refractivity (Wildman–Crippen MR) is 65.1 cm³/mol. The van der Waals surface area contributed by atoms with E-state index in [2.05, 4.69) is 36.7 Å².